The average Bonchev–Trinajstić information content (AvgIpc) is 2.54. The van der Waals surface area contributed by atoms with Crippen LogP contribution >= 0.6 is 0 Å². The van der Waals surface area contributed by atoms with E-state index in [0.717, 1.165) is 24.0 Å². The van der Waals surface area contributed by atoms with Crippen molar-refractivity contribution in [3.8, 4) is 0 Å². The van der Waals surface area contributed by atoms with Crippen LogP contribution in [-0.4, -0.2) is 37.8 Å². The summed E-state index contributed by atoms with van der Waals surface area (Å²) in [6.07, 6.45) is 3.20. The van der Waals surface area contributed by atoms with E-state index in [9.17, 15) is 13.2 Å². The van der Waals surface area contributed by atoms with Crippen LogP contribution in [0.1, 0.15) is 50.7 Å². The molecule has 1 atom stereocenters. The van der Waals surface area contributed by atoms with Gasteiger partial charge in [-0.1, -0.05) is 43.2 Å². The van der Waals surface area contributed by atoms with Crippen molar-refractivity contribution in [1.82, 2.24) is 9.62 Å². The van der Waals surface area contributed by atoms with Crippen molar-refractivity contribution < 1.29 is 13.2 Å². The molecule has 25 heavy (non-hydrogen) atoms. The zero-order valence-corrected chi connectivity index (χ0v) is 16.3. The summed E-state index contributed by atoms with van der Waals surface area (Å²) < 4.78 is 26.8. The predicted octanol–water partition coefficient (Wildman–Crippen LogP) is 2.84. The highest BCUT2D eigenvalue weighted by Gasteiger charge is 2.31. The van der Waals surface area contributed by atoms with Gasteiger partial charge in [-0.2, -0.15) is 0 Å². The van der Waals surface area contributed by atoms with Gasteiger partial charge < -0.3 is 5.32 Å². The molecule has 1 aromatic rings. The van der Waals surface area contributed by atoms with Gasteiger partial charge in [0.1, 0.15) is 0 Å². The van der Waals surface area contributed by atoms with E-state index >= 15 is 0 Å². The molecule has 0 spiro atoms. The van der Waals surface area contributed by atoms with Gasteiger partial charge in [-0.05, 0) is 38.7 Å². The average molecular weight is 367 g/mol. The number of benzene rings is 1. The number of piperidine rings is 1. The first-order valence-corrected chi connectivity index (χ1v) is 10.8. The van der Waals surface area contributed by atoms with Crippen molar-refractivity contribution in [3.05, 3.63) is 35.4 Å². The van der Waals surface area contributed by atoms with Gasteiger partial charge in [0.2, 0.25) is 15.9 Å². The lowest BCUT2D eigenvalue weighted by Crippen LogP contribution is -2.45. The normalized spacial score (nSPS) is 18.0. The third kappa shape index (κ3) is 5.82. The SMILES string of the molecule is CCC[C@H](C)NC(=O)C1CCN(S(=O)(=O)Cc2cccc(C)c2)CC1. The Labute approximate surface area is 151 Å². The van der Waals surface area contributed by atoms with E-state index in [0.29, 0.717) is 25.9 Å². The van der Waals surface area contributed by atoms with Gasteiger partial charge in [0.15, 0.2) is 0 Å². The molecule has 1 amide bonds. The second-order valence-electron chi connectivity index (χ2n) is 7.12. The van der Waals surface area contributed by atoms with E-state index in [-0.39, 0.29) is 23.6 Å². The first-order valence-electron chi connectivity index (χ1n) is 9.15. The lowest BCUT2D eigenvalue weighted by atomic mass is 9.96. The monoisotopic (exact) mass is 366 g/mol. The summed E-state index contributed by atoms with van der Waals surface area (Å²) in [4.78, 5) is 12.3. The molecule has 0 bridgehead atoms. The van der Waals surface area contributed by atoms with Crippen molar-refractivity contribution in [2.75, 3.05) is 13.1 Å². The molecule has 140 valence electrons. The molecule has 1 saturated heterocycles. The highest BCUT2D eigenvalue weighted by molar-refractivity contribution is 7.88. The number of hydrogen-bond donors (Lipinski definition) is 1. The van der Waals surface area contributed by atoms with E-state index < -0.39 is 10.0 Å². The molecular formula is C19H30N2O3S. The molecule has 1 N–H and O–H groups in total. The summed E-state index contributed by atoms with van der Waals surface area (Å²) in [7, 11) is -3.33. The van der Waals surface area contributed by atoms with Crippen LogP contribution in [0.4, 0.5) is 0 Å². The van der Waals surface area contributed by atoms with Gasteiger partial charge in [0.05, 0.1) is 5.75 Å². The Morgan fingerprint density at radius 3 is 2.60 bits per heavy atom. The summed E-state index contributed by atoms with van der Waals surface area (Å²) in [5.41, 5.74) is 1.87. The van der Waals surface area contributed by atoms with Crippen molar-refractivity contribution in [3.63, 3.8) is 0 Å². The summed E-state index contributed by atoms with van der Waals surface area (Å²) in [5.74, 6) is 0.0143. The molecule has 2 rings (SSSR count). The number of rotatable bonds is 7. The van der Waals surface area contributed by atoms with Crippen molar-refractivity contribution >= 4 is 15.9 Å². The molecule has 0 aromatic heterocycles. The zero-order valence-electron chi connectivity index (χ0n) is 15.5. The van der Waals surface area contributed by atoms with Gasteiger partial charge in [0.25, 0.3) is 0 Å². The number of nitrogens with zero attached hydrogens (tertiary/aromatic N) is 1. The van der Waals surface area contributed by atoms with E-state index in [1.807, 2.05) is 38.1 Å². The Morgan fingerprint density at radius 2 is 2.00 bits per heavy atom. The lowest BCUT2D eigenvalue weighted by Gasteiger charge is -2.31. The number of nitrogens with one attached hydrogen (secondary N) is 1. The molecule has 1 fully saturated rings. The van der Waals surface area contributed by atoms with E-state index in [1.165, 1.54) is 4.31 Å². The van der Waals surface area contributed by atoms with Gasteiger partial charge in [-0.15, -0.1) is 0 Å². The summed E-state index contributed by atoms with van der Waals surface area (Å²) in [6.45, 7) is 6.92. The van der Waals surface area contributed by atoms with Gasteiger partial charge in [-0.25, -0.2) is 12.7 Å². The maximum atomic E-state index is 12.6. The first kappa shape index (κ1) is 19.9. The van der Waals surface area contributed by atoms with Crippen LogP contribution in [0.2, 0.25) is 0 Å². The largest absolute Gasteiger partial charge is 0.353 e. The summed E-state index contributed by atoms with van der Waals surface area (Å²) >= 11 is 0. The standard InChI is InChI=1S/C19H30N2O3S/c1-4-6-16(3)20-19(22)18-9-11-21(12-10-18)25(23,24)14-17-8-5-7-15(2)13-17/h5,7-8,13,16,18H,4,6,9-12,14H2,1-3H3,(H,20,22)/t16-/m0/s1. The lowest BCUT2D eigenvalue weighted by molar-refractivity contribution is -0.126. The van der Waals surface area contributed by atoms with Crippen molar-refractivity contribution in [2.45, 2.75) is 58.2 Å². The molecule has 1 aromatic carbocycles. The fraction of sp³-hybridized carbons (Fsp3) is 0.632. The maximum absolute atomic E-state index is 12.6. The Balaban J connectivity index is 1.89. The van der Waals surface area contributed by atoms with Crippen LogP contribution in [-0.2, 0) is 20.6 Å². The van der Waals surface area contributed by atoms with Crippen LogP contribution < -0.4 is 5.32 Å². The molecule has 1 heterocycles. The van der Waals surface area contributed by atoms with Crippen molar-refractivity contribution in [1.29, 1.82) is 0 Å². The molecule has 0 saturated carbocycles. The highest BCUT2D eigenvalue weighted by atomic mass is 32.2. The van der Waals surface area contributed by atoms with E-state index in [1.54, 1.807) is 0 Å². The topological polar surface area (TPSA) is 66.5 Å². The highest BCUT2D eigenvalue weighted by Crippen LogP contribution is 2.22. The molecular weight excluding hydrogens is 336 g/mol. The molecule has 0 radical (unpaired) electrons. The maximum Gasteiger partial charge on any atom is 0.223 e. The van der Waals surface area contributed by atoms with Gasteiger partial charge in [0, 0.05) is 25.0 Å². The number of hydrogen-bond acceptors (Lipinski definition) is 3. The molecule has 0 unspecified atom stereocenters. The molecule has 1 aliphatic rings. The van der Waals surface area contributed by atoms with E-state index in [2.05, 4.69) is 12.2 Å². The number of amides is 1. The number of sulfonamides is 1. The second-order valence-corrected chi connectivity index (χ2v) is 9.09. The third-order valence-corrected chi connectivity index (χ3v) is 6.61. The van der Waals surface area contributed by atoms with Gasteiger partial charge >= 0.3 is 0 Å². The Morgan fingerprint density at radius 1 is 1.32 bits per heavy atom. The smallest absolute Gasteiger partial charge is 0.223 e. The van der Waals surface area contributed by atoms with Crippen molar-refractivity contribution in [2.24, 2.45) is 5.92 Å². The minimum absolute atomic E-state index is 0.0269. The predicted molar refractivity (Wildman–Crippen MR) is 101 cm³/mol. The third-order valence-electron chi connectivity index (χ3n) is 4.76. The zero-order chi connectivity index (χ0) is 18.4. The van der Waals surface area contributed by atoms with Crippen LogP contribution in [0.3, 0.4) is 0 Å². The minimum atomic E-state index is -3.33. The quantitative estimate of drug-likeness (QED) is 0.807. The summed E-state index contributed by atoms with van der Waals surface area (Å²) in [5, 5.41) is 3.04. The van der Waals surface area contributed by atoms with Crippen LogP contribution in [0.15, 0.2) is 24.3 Å². The molecule has 0 aliphatic carbocycles. The Hall–Kier alpha value is -1.40. The molecule has 1 aliphatic heterocycles. The second kappa shape index (κ2) is 8.81. The number of aryl methyl sites for hydroxylation is 1. The number of carbonyl (C=O) groups excluding carboxylic acids is 1. The van der Waals surface area contributed by atoms with Crippen LogP contribution in [0.25, 0.3) is 0 Å². The molecule has 5 nitrogen and oxygen atoms in total. The van der Waals surface area contributed by atoms with Gasteiger partial charge in [-0.3, -0.25) is 4.79 Å². The summed E-state index contributed by atoms with van der Waals surface area (Å²) in [6, 6.07) is 7.78. The van der Waals surface area contributed by atoms with E-state index in [4.69, 9.17) is 0 Å². The fourth-order valence-electron chi connectivity index (χ4n) is 3.37. The minimum Gasteiger partial charge on any atom is -0.353 e. The first-order chi connectivity index (χ1) is 11.8. The molecule has 6 heteroatoms. The Kier molecular flexibility index (Phi) is 7.02. The van der Waals surface area contributed by atoms with Crippen LogP contribution in [0.5, 0.6) is 0 Å². The van der Waals surface area contributed by atoms with Crippen LogP contribution in [0, 0.1) is 12.8 Å². The fourth-order valence-corrected chi connectivity index (χ4v) is 4.92. The Bertz CT molecular complexity index is 680. The number of carbonyl (C=O) groups is 1.